The SMILES string of the molecule is CCc1ccc(CNCC2(O)CCCC(C)C2)cc1. The molecule has 1 fully saturated rings. The summed E-state index contributed by atoms with van der Waals surface area (Å²) in [5, 5.41) is 14.0. The van der Waals surface area contributed by atoms with Gasteiger partial charge in [-0.25, -0.2) is 0 Å². The molecule has 0 spiro atoms. The van der Waals surface area contributed by atoms with E-state index in [4.69, 9.17) is 0 Å². The molecule has 2 rings (SSSR count). The van der Waals surface area contributed by atoms with Gasteiger partial charge in [0.1, 0.15) is 0 Å². The predicted molar refractivity (Wildman–Crippen MR) is 80.1 cm³/mol. The molecule has 1 aliphatic rings. The molecule has 1 aromatic carbocycles. The summed E-state index contributed by atoms with van der Waals surface area (Å²) >= 11 is 0. The van der Waals surface area contributed by atoms with Crippen molar-refractivity contribution in [2.45, 2.75) is 58.1 Å². The van der Waals surface area contributed by atoms with Gasteiger partial charge in [-0.1, -0.05) is 51.0 Å². The topological polar surface area (TPSA) is 32.3 Å². The van der Waals surface area contributed by atoms with Crippen molar-refractivity contribution in [1.29, 1.82) is 0 Å². The van der Waals surface area contributed by atoms with Crippen LogP contribution in [0.15, 0.2) is 24.3 Å². The molecule has 19 heavy (non-hydrogen) atoms. The third-order valence-electron chi connectivity index (χ3n) is 4.28. The Bertz CT molecular complexity index is 387. The second-order valence-corrected chi connectivity index (χ2v) is 6.20. The smallest absolute Gasteiger partial charge is 0.0774 e. The molecule has 2 atom stereocenters. The Balaban J connectivity index is 1.79. The first-order chi connectivity index (χ1) is 9.11. The summed E-state index contributed by atoms with van der Waals surface area (Å²) in [6.07, 6.45) is 5.39. The highest BCUT2D eigenvalue weighted by Gasteiger charge is 2.31. The van der Waals surface area contributed by atoms with Crippen LogP contribution in [0.5, 0.6) is 0 Å². The van der Waals surface area contributed by atoms with Crippen LogP contribution in [0.2, 0.25) is 0 Å². The Hall–Kier alpha value is -0.860. The van der Waals surface area contributed by atoms with Crippen molar-refractivity contribution in [3.8, 4) is 0 Å². The van der Waals surface area contributed by atoms with Gasteiger partial charge in [-0.15, -0.1) is 0 Å². The van der Waals surface area contributed by atoms with Gasteiger partial charge in [-0.2, -0.15) is 0 Å². The summed E-state index contributed by atoms with van der Waals surface area (Å²) in [6, 6.07) is 8.74. The standard InChI is InChI=1S/C17H27NO/c1-3-15-6-8-16(9-7-15)12-18-13-17(19)10-4-5-14(2)11-17/h6-9,14,18-19H,3-5,10-13H2,1-2H3. The van der Waals surface area contributed by atoms with Crippen molar-refractivity contribution in [1.82, 2.24) is 5.32 Å². The molecule has 0 radical (unpaired) electrons. The molecule has 2 heteroatoms. The van der Waals surface area contributed by atoms with Crippen molar-refractivity contribution >= 4 is 0 Å². The lowest BCUT2D eigenvalue weighted by Crippen LogP contribution is -2.43. The van der Waals surface area contributed by atoms with Crippen molar-refractivity contribution in [3.05, 3.63) is 35.4 Å². The second-order valence-electron chi connectivity index (χ2n) is 6.20. The third-order valence-corrected chi connectivity index (χ3v) is 4.28. The molecule has 2 N–H and O–H groups in total. The number of hydrogen-bond acceptors (Lipinski definition) is 2. The lowest BCUT2D eigenvalue weighted by Gasteiger charge is -2.35. The van der Waals surface area contributed by atoms with E-state index in [1.54, 1.807) is 0 Å². The van der Waals surface area contributed by atoms with Gasteiger partial charge >= 0.3 is 0 Å². The zero-order valence-electron chi connectivity index (χ0n) is 12.3. The molecular formula is C17H27NO. The van der Waals surface area contributed by atoms with E-state index in [1.807, 2.05) is 0 Å². The summed E-state index contributed by atoms with van der Waals surface area (Å²) in [6.45, 7) is 5.98. The summed E-state index contributed by atoms with van der Waals surface area (Å²) < 4.78 is 0. The summed E-state index contributed by atoms with van der Waals surface area (Å²) in [5.41, 5.74) is 2.19. The van der Waals surface area contributed by atoms with Crippen molar-refractivity contribution < 1.29 is 5.11 Å². The molecule has 0 aliphatic heterocycles. The molecule has 1 saturated carbocycles. The Kier molecular flexibility index (Phi) is 5.00. The van der Waals surface area contributed by atoms with Crippen molar-refractivity contribution in [2.75, 3.05) is 6.54 Å². The number of aliphatic hydroxyl groups is 1. The number of hydrogen-bond donors (Lipinski definition) is 2. The minimum atomic E-state index is -0.485. The van der Waals surface area contributed by atoms with Gasteiger partial charge < -0.3 is 10.4 Å². The van der Waals surface area contributed by atoms with Gasteiger partial charge in [-0.05, 0) is 36.3 Å². The lowest BCUT2D eigenvalue weighted by atomic mass is 9.79. The van der Waals surface area contributed by atoms with E-state index in [2.05, 4.69) is 43.4 Å². The maximum Gasteiger partial charge on any atom is 0.0774 e. The van der Waals surface area contributed by atoms with Crippen LogP contribution in [-0.4, -0.2) is 17.3 Å². The zero-order valence-corrected chi connectivity index (χ0v) is 12.3. The van der Waals surface area contributed by atoms with Crippen LogP contribution in [0, 0.1) is 5.92 Å². The molecule has 1 aliphatic carbocycles. The molecule has 2 nitrogen and oxygen atoms in total. The number of benzene rings is 1. The van der Waals surface area contributed by atoms with E-state index >= 15 is 0 Å². The summed E-state index contributed by atoms with van der Waals surface area (Å²) in [5.74, 6) is 0.657. The Labute approximate surface area is 117 Å². The average Bonchev–Trinajstić information content (AvgIpc) is 2.39. The fourth-order valence-corrected chi connectivity index (χ4v) is 3.13. The van der Waals surface area contributed by atoms with Gasteiger partial charge in [0.25, 0.3) is 0 Å². The van der Waals surface area contributed by atoms with Crippen LogP contribution in [0.3, 0.4) is 0 Å². The number of aryl methyl sites for hydroxylation is 1. The van der Waals surface area contributed by atoms with Crippen LogP contribution in [-0.2, 0) is 13.0 Å². The molecule has 0 amide bonds. The first kappa shape index (κ1) is 14.5. The van der Waals surface area contributed by atoms with Crippen molar-refractivity contribution in [3.63, 3.8) is 0 Å². The summed E-state index contributed by atoms with van der Waals surface area (Å²) in [4.78, 5) is 0. The van der Waals surface area contributed by atoms with Gasteiger partial charge in [0.2, 0.25) is 0 Å². The molecule has 0 bridgehead atoms. The molecular weight excluding hydrogens is 234 g/mol. The van der Waals surface area contributed by atoms with E-state index < -0.39 is 5.60 Å². The predicted octanol–water partition coefficient (Wildman–Crippen LogP) is 3.28. The van der Waals surface area contributed by atoms with E-state index in [0.717, 1.165) is 32.2 Å². The Morgan fingerprint density at radius 3 is 2.58 bits per heavy atom. The highest BCUT2D eigenvalue weighted by atomic mass is 16.3. The maximum atomic E-state index is 10.5. The summed E-state index contributed by atoms with van der Waals surface area (Å²) in [7, 11) is 0. The van der Waals surface area contributed by atoms with Crippen LogP contribution < -0.4 is 5.32 Å². The minimum Gasteiger partial charge on any atom is -0.389 e. The minimum absolute atomic E-state index is 0.485. The van der Waals surface area contributed by atoms with Crippen LogP contribution in [0.1, 0.15) is 50.7 Å². The fourth-order valence-electron chi connectivity index (χ4n) is 3.13. The molecule has 0 saturated heterocycles. The first-order valence-corrected chi connectivity index (χ1v) is 7.62. The van der Waals surface area contributed by atoms with Crippen molar-refractivity contribution in [2.24, 2.45) is 5.92 Å². The third kappa shape index (κ3) is 4.32. The van der Waals surface area contributed by atoms with E-state index in [-0.39, 0.29) is 0 Å². The zero-order chi connectivity index (χ0) is 13.7. The highest BCUT2D eigenvalue weighted by Crippen LogP contribution is 2.31. The van der Waals surface area contributed by atoms with E-state index in [0.29, 0.717) is 12.5 Å². The van der Waals surface area contributed by atoms with Gasteiger partial charge in [-0.3, -0.25) is 0 Å². The van der Waals surface area contributed by atoms with Crippen LogP contribution in [0.25, 0.3) is 0 Å². The molecule has 2 unspecified atom stereocenters. The van der Waals surface area contributed by atoms with Gasteiger partial charge in [0.05, 0.1) is 5.60 Å². The van der Waals surface area contributed by atoms with E-state index in [9.17, 15) is 5.11 Å². The molecule has 0 aromatic heterocycles. The second kappa shape index (κ2) is 6.53. The maximum absolute atomic E-state index is 10.5. The number of nitrogens with one attached hydrogen (secondary N) is 1. The first-order valence-electron chi connectivity index (χ1n) is 7.62. The quantitative estimate of drug-likeness (QED) is 0.852. The Morgan fingerprint density at radius 2 is 1.95 bits per heavy atom. The van der Waals surface area contributed by atoms with Crippen LogP contribution >= 0.6 is 0 Å². The molecule has 0 heterocycles. The highest BCUT2D eigenvalue weighted by molar-refractivity contribution is 5.22. The normalized spacial score (nSPS) is 27.4. The average molecular weight is 261 g/mol. The monoisotopic (exact) mass is 261 g/mol. The fraction of sp³-hybridized carbons (Fsp3) is 0.647. The lowest BCUT2D eigenvalue weighted by molar-refractivity contribution is -0.0119. The Morgan fingerprint density at radius 1 is 1.26 bits per heavy atom. The largest absolute Gasteiger partial charge is 0.389 e. The van der Waals surface area contributed by atoms with Gasteiger partial charge in [0.15, 0.2) is 0 Å². The van der Waals surface area contributed by atoms with E-state index in [1.165, 1.54) is 17.5 Å². The van der Waals surface area contributed by atoms with Crippen LogP contribution in [0.4, 0.5) is 0 Å². The molecule has 106 valence electrons. The molecule has 1 aromatic rings. The van der Waals surface area contributed by atoms with Gasteiger partial charge in [0, 0.05) is 13.1 Å². The number of rotatable bonds is 5.